The Kier molecular flexibility index (Phi) is 2.15. The van der Waals surface area contributed by atoms with E-state index in [0.29, 0.717) is 0 Å². The summed E-state index contributed by atoms with van der Waals surface area (Å²) in [4.78, 5) is 13.1. The highest BCUT2D eigenvalue weighted by atomic mass is 16.1. The fourth-order valence-electron chi connectivity index (χ4n) is 1.98. The zero-order valence-electron chi connectivity index (χ0n) is 8.16. The minimum Gasteiger partial charge on any atom is -0.368 e. The van der Waals surface area contributed by atoms with Gasteiger partial charge in [0.1, 0.15) is 6.04 Å². The van der Waals surface area contributed by atoms with E-state index in [0.717, 1.165) is 18.5 Å². The van der Waals surface area contributed by atoms with Gasteiger partial charge in [-0.05, 0) is 30.5 Å². The molecule has 0 bridgehead atoms. The van der Waals surface area contributed by atoms with Gasteiger partial charge in [-0.3, -0.25) is 4.79 Å². The molecule has 0 saturated carbocycles. The van der Waals surface area contributed by atoms with Gasteiger partial charge < -0.3 is 10.6 Å². The van der Waals surface area contributed by atoms with Crippen LogP contribution in [-0.2, 0) is 11.2 Å². The molecule has 0 aliphatic carbocycles. The van der Waals surface area contributed by atoms with E-state index in [1.807, 2.05) is 30.1 Å². The molecule has 1 heterocycles. The van der Waals surface area contributed by atoms with Crippen molar-refractivity contribution in [1.29, 1.82) is 0 Å². The smallest absolute Gasteiger partial charge is 0.240 e. The van der Waals surface area contributed by atoms with Gasteiger partial charge >= 0.3 is 0 Å². The van der Waals surface area contributed by atoms with E-state index >= 15 is 0 Å². The second-order valence-electron chi connectivity index (χ2n) is 3.62. The largest absolute Gasteiger partial charge is 0.368 e. The van der Waals surface area contributed by atoms with Gasteiger partial charge in [-0.2, -0.15) is 0 Å². The average Bonchev–Trinajstić information content (AvgIpc) is 2.18. The number of benzene rings is 1. The van der Waals surface area contributed by atoms with Crippen LogP contribution in [0.5, 0.6) is 0 Å². The van der Waals surface area contributed by atoms with Crippen molar-refractivity contribution in [2.24, 2.45) is 5.73 Å². The first-order chi connectivity index (χ1) is 6.70. The first-order valence-electron chi connectivity index (χ1n) is 4.71. The van der Waals surface area contributed by atoms with Crippen molar-refractivity contribution in [3.05, 3.63) is 29.8 Å². The first-order valence-corrected chi connectivity index (χ1v) is 4.71. The number of rotatable bonds is 1. The van der Waals surface area contributed by atoms with Crippen LogP contribution in [0.25, 0.3) is 0 Å². The number of anilines is 1. The molecule has 1 aliphatic heterocycles. The summed E-state index contributed by atoms with van der Waals surface area (Å²) < 4.78 is 0. The van der Waals surface area contributed by atoms with Gasteiger partial charge in [0.15, 0.2) is 0 Å². The summed E-state index contributed by atoms with van der Waals surface area (Å²) in [6.07, 6.45) is 1.73. The predicted molar refractivity (Wildman–Crippen MR) is 55.0 cm³/mol. The fourth-order valence-corrected chi connectivity index (χ4v) is 1.98. The second-order valence-corrected chi connectivity index (χ2v) is 3.62. The van der Waals surface area contributed by atoms with Crippen molar-refractivity contribution >= 4 is 11.6 Å². The van der Waals surface area contributed by atoms with Crippen LogP contribution in [0.15, 0.2) is 18.2 Å². The molecule has 0 fully saturated rings. The van der Waals surface area contributed by atoms with Gasteiger partial charge in [-0.25, -0.2) is 0 Å². The molecule has 2 N–H and O–H groups in total. The minimum absolute atomic E-state index is 0.168. The fraction of sp³-hybridized carbons (Fsp3) is 0.364. The number of fused-ring (bicyclic) bond motifs is 1. The van der Waals surface area contributed by atoms with Crippen molar-refractivity contribution in [3.63, 3.8) is 0 Å². The van der Waals surface area contributed by atoms with E-state index in [9.17, 15) is 4.79 Å². The van der Waals surface area contributed by atoms with E-state index in [1.165, 1.54) is 5.56 Å². The Morgan fingerprint density at radius 3 is 3.21 bits per heavy atom. The number of amides is 1. The number of primary amides is 1. The highest BCUT2D eigenvalue weighted by Gasteiger charge is 2.26. The van der Waals surface area contributed by atoms with Crippen LogP contribution < -0.4 is 10.6 Å². The van der Waals surface area contributed by atoms with Crippen molar-refractivity contribution in [3.8, 4) is 0 Å². The maximum atomic E-state index is 11.1. The number of nitrogens with two attached hydrogens (primary N) is 1. The average molecular weight is 189 g/mol. The van der Waals surface area contributed by atoms with Crippen molar-refractivity contribution in [1.82, 2.24) is 0 Å². The Labute approximate surface area is 83.5 Å². The van der Waals surface area contributed by atoms with E-state index < -0.39 is 0 Å². The first kappa shape index (κ1) is 9.06. The number of hydrogen-bond donors (Lipinski definition) is 1. The molecular weight excluding hydrogens is 176 g/mol. The molecule has 1 aromatic rings. The molecule has 14 heavy (non-hydrogen) atoms. The summed E-state index contributed by atoms with van der Waals surface area (Å²) in [5.74, 6) is -0.248. The van der Waals surface area contributed by atoms with Crippen LogP contribution in [0, 0.1) is 6.07 Å². The van der Waals surface area contributed by atoms with Crippen LogP contribution in [0.3, 0.4) is 0 Å². The van der Waals surface area contributed by atoms with Gasteiger partial charge in [-0.15, -0.1) is 0 Å². The number of nitrogens with zero attached hydrogens (tertiary/aromatic N) is 1. The number of likely N-dealkylation sites (N-methyl/N-ethyl adjacent to an activating group) is 1. The van der Waals surface area contributed by atoms with Gasteiger partial charge in [0.2, 0.25) is 5.91 Å². The standard InChI is InChI=1S/C11H13N2O/c1-13-9-5-3-2-4-8(9)6-7-10(13)11(12)14/h2,4-5,10H,6-7H2,1H3,(H2,12,14). The number of carbonyl (C=O) groups is 1. The molecule has 2 rings (SSSR count). The SMILES string of the molecule is CN1c2c[c]ccc2CCC1C(N)=O. The summed E-state index contributed by atoms with van der Waals surface area (Å²) in [5, 5.41) is 0. The highest BCUT2D eigenvalue weighted by molar-refractivity contribution is 5.84. The van der Waals surface area contributed by atoms with E-state index in [4.69, 9.17) is 5.73 Å². The van der Waals surface area contributed by atoms with E-state index in [2.05, 4.69) is 6.07 Å². The molecule has 1 unspecified atom stereocenters. The lowest BCUT2D eigenvalue weighted by atomic mass is 9.96. The van der Waals surface area contributed by atoms with E-state index in [-0.39, 0.29) is 11.9 Å². The Morgan fingerprint density at radius 2 is 2.50 bits per heavy atom. The second kappa shape index (κ2) is 3.33. The van der Waals surface area contributed by atoms with Crippen LogP contribution in [-0.4, -0.2) is 19.0 Å². The molecule has 1 aliphatic rings. The Morgan fingerprint density at radius 1 is 1.71 bits per heavy atom. The predicted octanol–water partition coefficient (Wildman–Crippen LogP) is 0.723. The molecule has 3 heteroatoms. The molecule has 3 nitrogen and oxygen atoms in total. The molecule has 73 valence electrons. The third-order valence-electron chi connectivity index (χ3n) is 2.79. The molecule has 1 aromatic carbocycles. The molecule has 0 aromatic heterocycles. The van der Waals surface area contributed by atoms with Crippen LogP contribution >= 0.6 is 0 Å². The Hall–Kier alpha value is -1.51. The molecule has 1 radical (unpaired) electrons. The molecule has 1 amide bonds. The van der Waals surface area contributed by atoms with E-state index in [1.54, 1.807) is 0 Å². The normalized spacial score (nSPS) is 20.4. The van der Waals surface area contributed by atoms with Crippen LogP contribution in [0.1, 0.15) is 12.0 Å². The summed E-state index contributed by atoms with van der Waals surface area (Å²) in [6, 6.07) is 8.70. The summed E-state index contributed by atoms with van der Waals surface area (Å²) in [7, 11) is 1.90. The van der Waals surface area contributed by atoms with Gasteiger partial charge in [0.25, 0.3) is 0 Å². The zero-order valence-corrected chi connectivity index (χ0v) is 8.16. The van der Waals surface area contributed by atoms with Gasteiger partial charge in [0.05, 0.1) is 0 Å². The molecule has 0 spiro atoms. The Bertz CT molecular complexity index is 362. The van der Waals surface area contributed by atoms with Gasteiger partial charge in [0, 0.05) is 12.7 Å². The summed E-state index contributed by atoms with van der Waals surface area (Å²) in [6.45, 7) is 0. The van der Waals surface area contributed by atoms with Crippen molar-refractivity contribution < 1.29 is 4.79 Å². The monoisotopic (exact) mass is 189 g/mol. The highest BCUT2D eigenvalue weighted by Crippen LogP contribution is 2.28. The minimum atomic E-state index is -0.248. The third-order valence-corrected chi connectivity index (χ3v) is 2.79. The van der Waals surface area contributed by atoms with Crippen LogP contribution in [0.4, 0.5) is 5.69 Å². The third kappa shape index (κ3) is 1.35. The molecule has 0 saturated heterocycles. The summed E-state index contributed by atoms with van der Waals surface area (Å²) >= 11 is 0. The van der Waals surface area contributed by atoms with Crippen molar-refractivity contribution in [2.75, 3.05) is 11.9 Å². The number of carbonyl (C=O) groups excluding carboxylic acids is 1. The zero-order chi connectivity index (χ0) is 10.1. The maximum Gasteiger partial charge on any atom is 0.240 e. The quantitative estimate of drug-likeness (QED) is 0.707. The summed E-state index contributed by atoms with van der Waals surface area (Å²) in [5.41, 5.74) is 7.66. The Balaban J connectivity index is 2.36. The molecule has 1 atom stereocenters. The molecular formula is C11H13N2O. The number of hydrogen-bond acceptors (Lipinski definition) is 2. The lowest BCUT2D eigenvalue weighted by molar-refractivity contribution is -0.119. The number of aryl methyl sites for hydroxylation is 1. The lowest BCUT2D eigenvalue weighted by Crippen LogP contribution is -2.45. The van der Waals surface area contributed by atoms with Gasteiger partial charge in [-0.1, -0.05) is 12.1 Å². The topological polar surface area (TPSA) is 46.3 Å². The lowest BCUT2D eigenvalue weighted by Gasteiger charge is -2.33. The van der Waals surface area contributed by atoms with Crippen LogP contribution in [0.2, 0.25) is 0 Å². The maximum absolute atomic E-state index is 11.1. The van der Waals surface area contributed by atoms with Crippen molar-refractivity contribution in [2.45, 2.75) is 18.9 Å².